The minimum Gasteiger partial charge on any atom is -0.494 e. The normalized spacial score (nSPS) is 17.2. The largest absolute Gasteiger partial charge is 0.494 e. The molecule has 2 aliphatic rings. The van der Waals surface area contributed by atoms with Crippen LogP contribution in [0.15, 0.2) is 78.9 Å². The van der Waals surface area contributed by atoms with Crippen molar-refractivity contribution in [2.24, 2.45) is 0 Å². The van der Waals surface area contributed by atoms with Gasteiger partial charge < -0.3 is 19.7 Å². The van der Waals surface area contributed by atoms with Crippen LogP contribution in [-0.4, -0.2) is 55.1 Å². The number of nitrogens with one attached hydrogen (secondary N) is 1. The summed E-state index contributed by atoms with van der Waals surface area (Å²) < 4.78 is 11.6. The molecule has 3 aromatic carbocycles. The van der Waals surface area contributed by atoms with Crippen molar-refractivity contribution in [2.45, 2.75) is 44.5 Å². The van der Waals surface area contributed by atoms with Gasteiger partial charge in [-0.3, -0.25) is 14.5 Å². The number of rotatable bonds is 12. The minimum atomic E-state index is -0.604. The van der Waals surface area contributed by atoms with Gasteiger partial charge in [-0.1, -0.05) is 54.1 Å². The highest BCUT2D eigenvalue weighted by Gasteiger charge is 2.41. The number of amides is 2. The third kappa shape index (κ3) is 7.38. The van der Waals surface area contributed by atoms with E-state index in [1.807, 2.05) is 83.8 Å². The fourth-order valence-electron chi connectivity index (χ4n) is 4.76. The zero-order chi connectivity index (χ0) is 27.0. The molecule has 1 aliphatic heterocycles. The second-order valence-electron chi connectivity index (χ2n) is 9.97. The summed E-state index contributed by atoms with van der Waals surface area (Å²) in [7, 11) is 0. The zero-order valence-corrected chi connectivity index (χ0v) is 22.7. The van der Waals surface area contributed by atoms with Crippen LogP contribution in [0.3, 0.4) is 0 Å². The summed E-state index contributed by atoms with van der Waals surface area (Å²) in [6.07, 6.45) is 2.74. The Labute approximate surface area is 234 Å². The monoisotopic (exact) mass is 547 g/mol. The highest BCUT2D eigenvalue weighted by Crippen LogP contribution is 2.31. The molecular formula is C31H34ClN3O4. The van der Waals surface area contributed by atoms with E-state index in [0.717, 1.165) is 36.1 Å². The Morgan fingerprint density at radius 2 is 1.69 bits per heavy atom. The Bertz CT molecular complexity index is 1230. The fourth-order valence-corrected chi connectivity index (χ4v) is 4.88. The standard InChI is InChI=1S/C31H34ClN3O4/c32-25-9-7-23(8-10-25)21-34(26-11-12-26)31(37)29-19-33-20-30(36)35(29)27-13-15-28(16-14-27)39-18-4-17-38-22-24-5-2-1-3-6-24/h1-3,5-10,13-16,26,29,33H,4,11-12,17-22H2/t29-/m1/s1. The van der Waals surface area contributed by atoms with Crippen LogP contribution in [0.1, 0.15) is 30.4 Å². The lowest BCUT2D eigenvalue weighted by Gasteiger charge is -2.38. The van der Waals surface area contributed by atoms with Gasteiger partial charge in [-0.15, -0.1) is 0 Å². The molecule has 1 saturated carbocycles. The smallest absolute Gasteiger partial charge is 0.247 e. The molecule has 0 aromatic heterocycles. The third-order valence-corrected chi connectivity index (χ3v) is 7.20. The topological polar surface area (TPSA) is 71.1 Å². The summed E-state index contributed by atoms with van der Waals surface area (Å²) >= 11 is 6.04. The van der Waals surface area contributed by atoms with E-state index in [4.69, 9.17) is 21.1 Å². The van der Waals surface area contributed by atoms with Crippen molar-refractivity contribution in [1.82, 2.24) is 10.2 Å². The molecule has 1 saturated heterocycles. The molecular weight excluding hydrogens is 514 g/mol. The molecule has 204 valence electrons. The van der Waals surface area contributed by atoms with E-state index < -0.39 is 6.04 Å². The van der Waals surface area contributed by atoms with Crippen LogP contribution in [0, 0.1) is 0 Å². The van der Waals surface area contributed by atoms with Gasteiger partial charge in [0.05, 0.1) is 26.4 Å². The van der Waals surface area contributed by atoms with Gasteiger partial charge in [-0.2, -0.15) is 0 Å². The second-order valence-corrected chi connectivity index (χ2v) is 10.4. The van der Waals surface area contributed by atoms with E-state index in [1.165, 1.54) is 0 Å². The maximum atomic E-state index is 13.8. The van der Waals surface area contributed by atoms with Gasteiger partial charge in [0.15, 0.2) is 0 Å². The first kappa shape index (κ1) is 27.2. The minimum absolute atomic E-state index is 0.0381. The molecule has 0 bridgehead atoms. The lowest BCUT2D eigenvalue weighted by molar-refractivity contribution is -0.136. The number of carbonyl (C=O) groups is 2. The third-order valence-electron chi connectivity index (χ3n) is 6.94. The van der Waals surface area contributed by atoms with Crippen LogP contribution in [0.4, 0.5) is 5.69 Å². The second kappa shape index (κ2) is 13.1. The highest BCUT2D eigenvalue weighted by molar-refractivity contribution is 6.30. The lowest BCUT2D eigenvalue weighted by atomic mass is 10.1. The van der Waals surface area contributed by atoms with Gasteiger partial charge in [0, 0.05) is 36.3 Å². The molecule has 1 heterocycles. The van der Waals surface area contributed by atoms with Gasteiger partial charge in [-0.05, 0) is 60.4 Å². The first-order valence-electron chi connectivity index (χ1n) is 13.5. The summed E-state index contributed by atoms with van der Waals surface area (Å²) in [5.41, 5.74) is 2.87. The highest BCUT2D eigenvalue weighted by atomic mass is 35.5. The number of benzene rings is 3. The van der Waals surface area contributed by atoms with Crippen molar-refractivity contribution in [3.63, 3.8) is 0 Å². The Morgan fingerprint density at radius 1 is 0.949 bits per heavy atom. The number of piperazine rings is 1. The lowest BCUT2D eigenvalue weighted by Crippen LogP contribution is -2.61. The van der Waals surface area contributed by atoms with E-state index in [2.05, 4.69) is 5.32 Å². The molecule has 0 unspecified atom stereocenters. The number of hydrogen-bond donors (Lipinski definition) is 1. The molecule has 0 spiro atoms. The molecule has 3 aromatic rings. The van der Waals surface area contributed by atoms with Crippen molar-refractivity contribution in [2.75, 3.05) is 31.2 Å². The Kier molecular flexibility index (Phi) is 9.14. The van der Waals surface area contributed by atoms with Crippen LogP contribution in [-0.2, 0) is 27.5 Å². The van der Waals surface area contributed by atoms with Crippen molar-refractivity contribution >= 4 is 29.1 Å². The fraction of sp³-hybridized carbons (Fsp3) is 0.355. The molecule has 2 amide bonds. The number of hydrogen-bond acceptors (Lipinski definition) is 5. The van der Waals surface area contributed by atoms with Gasteiger partial charge in [-0.25, -0.2) is 0 Å². The molecule has 2 fully saturated rings. The maximum absolute atomic E-state index is 13.8. The van der Waals surface area contributed by atoms with Crippen molar-refractivity contribution in [3.05, 3.63) is 95.0 Å². The van der Waals surface area contributed by atoms with Gasteiger partial charge in [0.25, 0.3) is 0 Å². The Morgan fingerprint density at radius 3 is 2.41 bits per heavy atom. The van der Waals surface area contributed by atoms with Crippen LogP contribution < -0.4 is 15.0 Å². The number of anilines is 1. The number of nitrogens with zero attached hydrogens (tertiary/aromatic N) is 2. The number of ether oxygens (including phenoxy) is 2. The molecule has 39 heavy (non-hydrogen) atoms. The first-order valence-corrected chi connectivity index (χ1v) is 13.9. The van der Waals surface area contributed by atoms with Crippen molar-refractivity contribution in [1.29, 1.82) is 0 Å². The van der Waals surface area contributed by atoms with Gasteiger partial charge in [0.2, 0.25) is 11.8 Å². The van der Waals surface area contributed by atoms with Gasteiger partial charge in [0.1, 0.15) is 11.8 Å². The molecule has 0 radical (unpaired) electrons. The summed E-state index contributed by atoms with van der Waals surface area (Å²) in [6.45, 7) is 2.84. The average Bonchev–Trinajstić information content (AvgIpc) is 3.81. The summed E-state index contributed by atoms with van der Waals surface area (Å²) in [4.78, 5) is 30.4. The molecule has 5 rings (SSSR count). The summed E-state index contributed by atoms with van der Waals surface area (Å²) in [6, 6.07) is 24.7. The van der Waals surface area contributed by atoms with Gasteiger partial charge >= 0.3 is 0 Å². The predicted octanol–water partition coefficient (Wildman–Crippen LogP) is 4.82. The maximum Gasteiger partial charge on any atom is 0.247 e. The van der Waals surface area contributed by atoms with Crippen molar-refractivity contribution < 1.29 is 19.1 Å². The van der Waals surface area contributed by atoms with E-state index in [-0.39, 0.29) is 24.4 Å². The number of halogens is 1. The van der Waals surface area contributed by atoms with Crippen LogP contribution in [0.25, 0.3) is 0 Å². The Balaban J connectivity index is 1.17. The summed E-state index contributed by atoms with van der Waals surface area (Å²) in [5, 5.41) is 3.79. The zero-order valence-electron chi connectivity index (χ0n) is 21.9. The van der Waals surface area contributed by atoms with Crippen LogP contribution >= 0.6 is 11.6 Å². The van der Waals surface area contributed by atoms with E-state index in [9.17, 15) is 9.59 Å². The number of carbonyl (C=O) groups excluding carboxylic acids is 2. The molecule has 1 atom stereocenters. The van der Waals surface area contributed by atoms with Crippen LogP contribution in [0.5, 0.6) is 5.75 Å². The van der Waals surface area contributed by atoms with Crippen LogP contribution in [0.2, 0.25) is 5.02 Å². The molecule has 1 N–H and O–H groups in total. The summed E-state index contributed by atoms with van der Waals surface area (Å²) in [5.74, 6) is 0.560. The Hall–Kier alpha value is -3.39. The average molecular weight is 548 g/mol. The predicted molar refractivity (Wildman–Crippen MR) is 152 cm³/mol. The SMILES string of the molecule is O=C([C@H]1CNCC(=O)N1c1ccc(OCCCOCc2ccccc2)cc1)N(Cc1ccc(Cl)cc1)C1CC1. The van der Waals surface area contributed by atoms with E-state index >= 15 is 0 Å². The quantitative estimate of drug-likeness (QED) is 0.329. The molecule has 8 heteroatoms. The molecule has 7 nitrogen and oxygen atoms in total. The van der Waals surface area contributed by atoms with E-state index in [0.29, 0.717) is 43.6 Å². The molecule has 1 aliphatic carbocycles. The van der Waals surface area contributed by atoms with Crippen molar-refractivity contribution in [3.8, 4) is 5.75 Å². The van der Waals surface area contributed by atoms with E-state index in [1.54, 1.807) is 4.90 Å². The first-order chi connectivity index (χ1) is 19.1.